The third-order valence-corrected chi connectivity index (χ3v) is 2.57. The summed E-state index contributed by atoms with van der Waals surface area (Å²) in [7, 11) is 0. The molecule has 0 aromatic heterocycles. The van der Waals surface area contributed by atoms with Gasteiger partial charge in [0.2, 0.25) is 0 Å². The summed E-state index contributed by atoms with van der Waals surface area (Å²) in [6.45, 7) is 9.73. The van der Waals surface area contributed by atoms with Gasteiger partial charge in [-0.05, 0) is 37.7 Å². The Kier molecular flexibility index (Phi) is 2.81. The summed E-state index contributed by atoms with van der Waals surface area (Å²) in [4.78, 5) is 0. The number of hydrogen-bond donors (Lipinski definition) is 0. The van der Waals surface area contributed by atoms with E-state index >= 15 is 0 Å². The van der Waals surface area contributed by atoms with Gasteiger partial charge in [0.1, 0.15) is 0 Å². The van der Waals surface area contributed by atoms with Gasteiger partial charge < -0.3 is 4.74 Å². The van der Waals surface area contributed by atoms with E-state index in [1.807, 2.05) is 0 Å². The van der Waals surface area contributed by atoms with Crippen molar-refractivity contribution in [3.05, 3.63) is 11.3 Å². The summed E-state index contributed by atoms with van der Waals surface area (Å²) in [5.74, 6) is 1.25. The van der Waals surface area contributed by atoms with Crippen molar-refractivity contribution in [2.45, 2.75) is 47.0 Å². The van der Waals surface area contributed by atoms with Crippen LogP contribution in [0.25, 0.3) is 0 Å². The van der Waals surface area contributed by atoms with E-state index in [4.69, 9.17) is 4.74 Å². The largest absolute Gasteiger partial charge is 0.498 e. The molecule has 0 spiro atoms. The topological polar surface area (TPSA) is 9.23 Å². The molecule has 0 radical (unpaired) electrons. The molecule has 70 valence electrons. The molecule has 1 nitrogen and oxygen atoms in total. The molecule has 0 heterocycles. The SMILES string of the molecule is CCOC1=C(C)CC(C)(C)CC1. The fraction of sp³-hybridized carbons (Fsp3) is 0.818. The van der Waals surface area contributed by atoms with Crippen LogP contribution in [0.5, 0.6) is 0 Å². The Bertz CT molecular complexity index is 189. The van der Waals surface area contributed by atoms with Crippen LogP contribution in [0, 0.1) is 5.41 Å². The number of ether oxygens (including phenoxy) is 1. The lowest BCUT2D eigenvalue weighted by Gasteiger charge is -2.31. The van der Waals surface area contributed by atoms with Gasteiger partial charge in [0.25, 0.3) is 0 Å². The van der Waals surface area contributed by atoms with E-state index in [-0.39, 0.29) is 0 Å². The Morgan fingerprint density at radius 1 is 1.42 bits per heavy atom. The van der Waals surface area contributed by atoms with E-state index in [1.54, 1.807) is 0 Å². The van der Waals surface area contributed by atoms with Gasteiger partial charge in [-0.25, -0.2) is 0 Å². The first-order chi connectivity index (χ1) is 5.55. The molecule has 0 amide bonds. The van der Waals surface area contributed by atoms with Gasteiger partial charge in [-0.1, -0.05) is 13.8 Å². The summed E-state index contributed by atoms with van der Waals surface area (Å²) < 4.78 is 5.57. The van der Waals surface area contributed by atoms with Crippen molar-refractivity contribution in [1.82, 2.24) is 0 Å². The Morgan fingerprint density at radius 3 is 2.58 bits per heavy atom. The monoisotopic (exact) mass is 168 g/mol. The molecular formula is C11H20O. The molecule has 0 bridgehead atoms. The quantitative estimate of drug-likeness (QED) is 0.613. The maximum absolute atomic E-state index is 5.57. The third-order valence-electron chi connectivity index (χ3n) is 2.57. The van der Waals surface area contributed by atoms with Gasteiger partial charge in [0.15, 0.2) is 0 Å². The van der Waals surface area contributed by atoms with Crippen molar-refractivity contribution in [3.8, 4) is 0 Å². The smallest absolute Gasteiger partial charge is 0.0949 e. The van der Waals surface area contributed by atoms with Crippen molar-refractivity contribution in [3.63, 3.8) is 0 Å². The van der Waals surface area contributed by atoms with Crippen molar-refractivity contribution >= 4 is 0 Å². The van der Waals surface area contributed by atoms with Crippen LogP contribution in [0.2, 0.25) is 0 Å². The van der Waals surface area contributed by atoms with Gasteiger partial charge >= 0.3 is 0 Å². The van der Waals surface area contributed by atoms with E-state index < -0.39 is 0 Å². The van der Waals surface area contributed by atoms with Crippen LogP contribution >= 0.6 is 0 Å². The summed E-state index contributed by atoms with van der Waals surface area (Å²) in [5, 5.41) is 0. The van der Waals surface area contributed by atoms with Gasteiger partial charge in [-0.3, -0.25) is 0 Å². The van der Waals surface area contributed by atoms with E-state index in [0.29, 0.717) is 5.41 Å². The van der Waals surface area contributed by atoms with Crippen LogP contribution in [-0.2, 0) is 4.74 Å². The van der Waals surface area contributed by atoms with E-state index in [0.717, 1.165) is 13.0 Å². The lowest BCUT2D eigenvalue weighted by molar-refractivity contribution is 0.179. The zero-order valence-electron chi connectivity index (χ0n) is 8.74. The molecule has 0 fully saturated rings. The Balaban J connectivity index is 2.64. The lowest BCUT2D eigenvalue weighted by Crippen LogP contribution is -2.18. The predicted molar refractivity (Wildman–Crippen MR) is 52.0 cm³/mol. The van der Waals surface area contributed by atoms with Crippen LogP contribution in [0.1, 0.15) is 47.0 Å². The highest BCUT2D eigenvalue weighted by atomic mass is 16.5. The standard InChI is InChI=1S/C11H20O/c1-5-12-10-6-7-11(3,4)8-9(10)2/h5-8H2,1-4H3. The first-order valence-electron chi connectivity index (χ1n) is 4.86. The minimum atomic E-state index is 0.491. The fourth-order valence-electron chi connectivity index (χ4n) is 1.94. The molecular weight excluding hydrogens is 148 g/mol. The molecule has 0 saturated carbocycles. The van der Waals surface area contributed by atoms with Gasteiger partial charge in [0, 0.05) is 6.42 Å². The molecule has 0 aromatic carbocycles. The molecule has 0 N–H and O–H groups in total. The van der Waals surface area contributed by atoms with Crippen LogP contribution in [0.3, 0.4) is 0 Å². The minimum Gasteiger partial charge on any atom is -0.498 e. The van der Waals surface area contributed by atoms with E-state index in [1.165, 1.54) is 24.2 Å². The van der Waals surface area contributed by atoms with Gasteiger partial charge in [0.05, 0.1) is 12.4 Å². The molecule has 1 aliphatic carbocycles. The second kappa shape index (κ2) is 3.51. The van der Waals surface area contributed by atoms with Crippen LogP contribution in [0.15, 0.2) is 11.3 Å². The normalized spacial score (nSPS) is 22.7. The Hall–Kier alpha value is -0.460. The van der Waals surface area contributed by atoms with E-state index in [9.17, 15) is 0 Å². The third kappa shape index (κ3) is 2.26. The zero-order chi connectivity index (χ0) is 9.19. The molecule has 1 aliphatic rings. The zero-order valence-corrected chi connectivity index (χ0v) is 8.74. The molecule has 0 aliphatic heterocycles. The highest BCUT2D eigenvalue weighted by Gasteiger charge is 2.25. The highest BCUT2D eigenvalue weighted by molar-refractivity contribution is 5.12. The molecule has 12 heavy (non-hydrogen) atoms. The molecule has 1 heteroatoms. The summed E-state index contributed by atoms with van der Waals surface area (Å²) in [6, 6.07) is 0. The maximum atomic E-state index is 5.57. The molecule has 0 saturated heterocycles. The van der Waals surface area contributed by atoms with Crippen LogP contribution in [-0.4, -0.2) is 6.61 Å². The van der Waals surface area contributed by atoms with Gasteiger partial charge in [-0.15, -0.1) is 0 Å². The average molecular weight is 168 g/mol. The summed E-state index contributed by atoms with van der Waals surface area (Å²) >= 11 is 0. The predicted octanol–water partition coefficient (Wildman–Crippen LogP) is 3.51. The number of allylic oxidation sites excluding steroid dienone is 2. The number of hydrogen-bond acceptors (Lipinski definition) is 1. The Labute approximate surface area is 75.8 Å². The second-order valence-corrected chi connectivity index (χ2v) is 4.48. The molecule has 0 atom stereocenters. The van der Waals surface area contributed by atoms with Crippen LogP contribution in [0.4, 0.5) is 0 Å². The highest BCUT2D eigenvalue weighted by Crippen LogP contribution is 2.38. The first-order valence-corrected chi connectivity index (χ1v) is 4.86. The van der Waals surface area contributed by atoms with Crippen molar-refractivity contribution in [2.24, 2.45) is 5.41 Å². The fourth-order valence-corrected chi connectivity index (χ4v) is 1.94. The molecule has 1 rings (SSSR count). The van der Waals surface area contributed by atoms with Crippen molar-refractivity contribution in [1.29, 1.82) is 0 Å². The summed E-state index contributed by atoms with van der Waals surface area (Å²) in [6.07, 6.45) is 3.59. The first kappa shape index (κ1) is 9.63. The summed E-state index contributed by atoms with van der Waals surface area (Å²) in [5.41, 5.74) is 1.94. The Morgan fingerprint density at radius 2 is 2.08 bits per heavy atom. The van der Waals surface area contributed by atoms with Crippen molar-refractivity contribution < 1.29 is 4.74 Å². The van der Waals surface area contributed by atoms with Gasteiger partial charge in [-0.2, -0.15) is 0 Å². The minimum absolute atomic E-state index is 0.491. The average Bonchev–Trinajstić information content (AvgIpc) is 1.94. The maximum Gasteiger partial charge on any atom is 0.0949 e. The van der Waals surface area contributed by atoms with Crippen molar-refractivity contribution in [2.75, 3.05) is 6.61 Å². The van der Waals surface area contributed by atoms with E-state index in [2.05, 4.69) is 27.7 Å². The number of rotatable bonds is 2. The molecule has 0 unspecified atom stereocenters. The van der Waals surface area contributed by atoms with Crippen LogP contribution < -0.4 is 0 Å². The molecule has 0 aromatic rings. The lowest BCUT2D eigenvalue weighted by atomic mass is 9.77. The second-order valence-electron chi connectivity index (χ2n) is 4.48.